The maximum Gasteiger partial charge on any atom is 0.213 e. The second-order valence-electron chi connectivity index (χ2n) is 3.45. The number of hydrazone groups is 1. The predicted octanol–water partition coefficient (Wildman–Crippen LogP) is -0.467. The van der Waals surface area contributed by atoms with Crippen molar-refractivity contribution in [3.8, 4) is 0 Å². The minimum atomic E-state index is 0.380. The third kappa shape index (κ3) is 3.10. The van der Waals surface area contributed by atoms with Crippen LogP contribution in [-0.4, -0.2) is 37.7 Å². The van der Waals surface area contributed by atoms with E-state index in [4.69, 9.17) is 16.3 Å². The van der Waals surface area contributed by atoms with Crippen molar-refractivity contribution in [3.63, 3.8) is 0 Å². The van der Waals surface area contributed by atoms with Crippen molar-refractivity contribution in [1.82, 2.24) is 4.90 Å². The molecule has 1 saturated heterocycles. The highest BCUT2D eigenvalue weighted by Crippen LogP contribution is 2.13. The van der Waals surface area contributed by atoms with E-state index in [9.17, 15) is 0 Å². The smallest absolute Gasteiger partial charge is 0.213 e. The van der Waals surface area contributed by atoms with E-state index in [0.29, 0.717) is 11.9 Å². The van der Waals surface area contributed by atoms with Gasteiger partial charge < -0.3 is 21.2 Å². The van der Waals surface area contributed by atoms with Crippen molar-refractivity contribution < 1.29 is 4.74 Å². The minimum absolute atomic E-state index is 0.380. The van der Waals surface area contributed by atoms with Crippen LogP contribution in [0.4, 0.5) is 0 Å². The van der Waals surface area contributed by atoms with E-state index in [1.807, 2.05) is 11.9 Å². The third-order valence-electron chi connectivity index (χ3n) is 2.31. The van der Waals surface area contributed by atoms with E-state index >= 15 is 0 Å². The molecule has 13 heavy (non-hydrogen) atoms. The van der Waals surface area contributed by atoms with Crippen LogP contribution in [0.2, 0.25) is 0 Å². The molecule has 1 aliphatic rings. The summed E-state index contributed by atoms with van der Waals surface area (Å²) in [6.07, 6.45) is 2.33. The molecule has 1 atom stereocenters. The summed E-state index contributed by atoms with van der Waals surface area (Å²) in [6, 6.07) is 0. The first-order valence-electron chi connectivity index (χ1n) is 4.56. The summed E-state index contributed by atoms with van der Waals surface area (Å²) in [5.74, 6) is 6.00. The Morgan fingerprint density at radius 3 is 3.00 bits per heavy atom. The summed E-state index contributed by atoms with van der Waals surface area (Å²) < 4.78 is 5.36. The van der Waals surface area contributed by atoms with Crippen LogP contribution in [-0.2, 0) is 4.74 Å². The molecule has 0 bridgehead atoms. The fourth-order valence-corrected chi connectivity index (χ4v) is 1.53. The molecule has 0 spiro atoms. The second kappa shape index (κ2) is 4.91. The molecule has 1 heterocycles. The number of hydrogen-bond acceptors (Lipinski definition) is 3. The lowest BCUT2D eigenvalue weighted by atomic mass is 10.0. The number of nitrogens with two attached hydrogens (primary N) is 2. The largest absolute Gasteiger partial charge is 0.381 e. The molecule has 1 aliphatic heterocycles. The maximum atomic E-state index is 5.54. The Kier molecular flexibility index (Phi) is 3.82. The fraction of sp³-hybridized carbons (Fsp3) is 0.875. The molecule has 1 rings (SSSR count). The molecule has 4 N–H and O–H groups in total. The number of nitrogens with zero attached hydrogens (tertiary/aromatic N) is 2. The van der Waals surface area contributed by atoms with Crippen molar-refractivity contribution in [2.24, 2.45) is 22.6 Å². The van der Waals surface area contributed by atoms with Crippen molar-refractivity contribution >= 4 is 5.96 Å². The highest BCUT2D eigenvalue weighted by Gasteiger charge is 2.16. The highest BCUT2D eigenvalue weighted by atomic mass is 16.5. The van der Waals surface area contributed by atoms with E-state index in [1.54, 1.807) is 0 Å². The minimum Gasteiger partial charge on any atom is -0.381 e. The first-order chi connectivity index (χ1) is 6.24. The highest BCUT2D eigenvalue weighted by molar-refractivity contribution is 5.77. The van der Waals surface area contributed by atoms with Gasteiger partial charge in [0.15, 0.2) is 0 Å². The van der Waals surface area contributed by atoms with Crippen LogP contribution in [0.5, 0.6) is 0 Å². The molecular weight excluding hydrogens is 168 g/mol. The summed E-state index contributed by atoms with van der Waals surface area (Å²) in [5, 5.41) is 3.43. The summed E-state index contributed by atoms with van der Waals surface area (Å²) in [4.78, 5) is 1.86. The van der Waals surface area contributed by atoms with Gasteiger partial charge in [-0.15, -0.1) is 5.10 Å². The van der Waals surface area contributed by atoms with Crippen molar-refractivity contribution in [2.75, 3.05) is 26.8 Å². The van der Waals surface area contributed by atoms with Gasteiger partial charge in [0.1, 0.15) is 0 Å². The molecule has 0 radical (unpaired) electrons. The molecule has 0 aromatic rings. The maximum absolute atomic E-state index is 5.54. The Morgan fingerprint density at radius 2 is 2.46 bits per heavy atom. The van der Waals surface area contributed by atoms with Crippen LogP contribution in [0, 0.1) is 5.92 Å². The quantitative estimate of drug-likeness (QED) is 0.265. The SMILES string of the molecule is CN(CC1CCCOC1)/C(N)=N/N. The number of ether oxygens (including phenoxy) is 1. The van der Waals surface area contributed by atoms with E-state index in [-0.39, 0.29) is 0 Å². The predicted molar refractivity (Wildman–Crippen MR) is 52.0 cm³/mol. The molecule has 76 valence electrons. The van der Waals surface area contributed by atoms with Crippen LogP contribution in [0.1, 0.15) is 12.8 Å². The third-order valence-corrected chi connectivity index (χ3v) is 2.31. The summed E-state index contributed by atoms with van der Waals surface area (Å²) in [5.41, 5.74) is 5.54. The number of guanidine groups is 1. The Balaban J connectivity index is 2.30. The van der Waals surface area contributed by atoms with Gasteiger partial charge in [-0.05, 0) is 18.8 Å². The molecule has 1 fully saturated rings. The zero-order chi connectivity index (χ0) is 9.68. The van der Waals surface area contributed by atoms with E-state index in [1.165, 1.54) is 6.42 Å². The lowest BCUT2D eigenvalue weighted by Crippen LogP contribution is -2.40. The zero-order valence-electron chi connectivity index (χ0n) is 8.07. The Labute approximate surface area is 78.7 Å². The second-order valence-corrected chi connectivity index (χ2v) is 3.45. The standard InChI is InChI=1S/C8H18N4O/c1-12(8(9)11-10)5-7-3-2-4-13-6-7/h7H,2-6,10H2,1H3,(H2,9,11). The van der Waals surface area contributed by atoms with Crippen LogP contribution in [0.15, 0.2) is 5.10 Å². The molecule has 5 heteroatoms. The lowest BCUT2D eigenvalue weighted by Gasteiger charge is -2.27. The summed E-state index contributed by atoms with van der Waals surface area (Å²) in [7, 11) is 1.89. The van der Waals surface area contributed by atoms with E-state index in [2.05, 4.69) is 5.10 Å². The van der Waals surface area contributed by atoms with E-state index < -0.39 is 0 Å². The van der Waals surface area contributed by atoms with Gasteiger partial charge >= 0.3 is 0 Å². The molecular formula is C8H18N4O. The van der Waals surface area contributed by atoms with Crippen LogP contribution in [0.3, 0.4) is 0 Å². The lowest BCUT2D eigenvalue weighted by molar-refractivity contribution is 0.0484. The van der Waals surface area contributed by atoms with Gasteiger partial charge in [0.05, 0.1) is 6.61 Å². The molecule has 5 nitrogen and oxygen atoms in total. The van der Waals surface area contributed by atoms with Gasteiger partial charge in [-0.25, -0.2) is 0 Å². The van der Waals surface area contributed by atoms with Gasteiger partial charge in [-0.2, -0.15) is 0 Å². The fourth-order valence-electron chi connectivity index (χ4n) is 1.53. The summed E-state index contributed by atoms with van der Waals surface area (Å²) >= 11 is 0. The van der Waals surface area contributed by atoms with Crippen LogP contribution >= 0.6 is 0 Å². The van der Waals surface area contributed by atoms with Gasteiger partial charge in [0.2, 0.25) is 5.96 Å². The van der Waals surface area contributed by atoms with Gasteiger partial charge in [0, 0.05) is 20.2 Å². The van der Waals surface area contributed by atoms with Crippen LogP contribution in [0.25, 0.3) is 0 Å². The Morgan fingerprint density at radius 1 is 1.69 bits per heavy atom. The first-order valence-corrected chi connectivity index (χ1v) is 4.56. The molecule has 0 saturated carbocycles. The average molecular weight is 186 g/mol. The zero-order valence-corrected chi connectivity index (χ0v) is 8.07. The first kappa shape index (κ1) is 10.1. The monoisotopic (exact) mass is 186 g/mol. The topological polar surface area (TPSA) is 76.9 Å². The summed E-state index contributed by atoms with van der Waals surface area (Å²) in [6.45, 7) is 2.58. The Bertz CT molecular complexity index is 177. The van der Waals surface area contributed by atoms with Crippen molar-refractivity contribution in [2.45, 2.75) is 12.8 Å². The molecule has 0 amide bonds. The average Bonchev–Trinajstić information content (AvgIpc) is 2.18. The van der Waals surface area contributed by atoms with E-state index in [0.717, 1.165) is 26.2 Å². The molecule has 0 aromatic carbocycles. The van der Waals surface area contributed by atoms with Gasteiger partial charge in [0.25, 0.3) is 0 Å². The molecule has 0 aromatic heterocycles. The Hall–Kier alpha value is -0.970. The number of rotatable bonds is 2. The van der Waals surface area contributed by atoms with Gasteiger partial charge in [-0.1, -0.05) is 0 Å². The van der Waals surface area contributed by atoms with Crippen molar-refractivity contribution in [3.05, 3.63) is 0 Å². The van der Waals surface area contributed by atoms with Gasteiger partial charge in [-0.3, -0.25) is 0 Å². The normalized spacial score (nSPS) is 24.4. The molecule has 0 aliphatic carbocycles. The van der Waals surface area contributed by atoms with Crippen LogP contribution < -0.4 is 11.6 Å². The molecule has 1 unspecified atom stereocenters. The number of hydrogen-bond donors (Lipinski definition) is 2. The van der Waals surface area contributed by atoms with Crippen molar-refractivity contribution in [1.29, 1.82) is 0 Å².